The summed E-state index contributed by atoms with van der Waals surface area (Å²) >= 11 is 5.96. The standard InChI is InChI=1S/C23H20ClN3O/c1-15-12-23(25-10-11-28)27-22-9-4-17(13-20(15)22)21-8-5-18(14-26-21)16-2-6-19(24)7-3-16/h2-9,12-14,28H,10-11H2,1H3,(H,25,27). The first-order valence-electron chi connectivity index (χ1n) is 9.12. The van der Waals surface area contributed by atoms with Crippen LogP contribution >= 0.6 is 11.6 Å². The normalized spacial score (nSPS) is 11.0. The van der Waals surface area contributed by atoms with Gasteiger partial charge >= 0.3 is 0 Å². The van der Waals surface area contributed by atoms with Gasteiger partial charge in [-0.2, -0.15) is 0 Å². The summed E-state index contributed by atoms with van der Waals surface area (Å²) in [5.74, 6) is 0.775. The van der Waals surface area contributed by atoms with Gasteiger partial charge in [-0.1, -0.05) is 35.9 Å². The molecular weight excluding hydrogens is 370 g/mol. The smallest absolute Gasteiger partial charge is 0.126 e. The number of fused-ring (bicyclic) bond motifs is 1. The number of hydrogen-bond donors (Lipinski definition) is 2. The summed E-state index contributed by atoms with van der Waals surface area (Å²) in [6.07, 6.45) is 1.88. The van der Waals surface area contributed by atoms with Crippen molar-refractivity contribution in [1.29, 1.82) is 0 Å². The number of pyridine rings is 2. The summed E-state index contributed by atoms with van der Waals surface area (Å²) in [5.41, 5.74) is 6.16. The number of aliphatic hydroxyl groups is 1. The maximum absolute atomic E-state index is 8.97. The van der Waals surface area contributed by atoms with E-state index in [4.69, 9.17) is 16.7 Å². The molecule has 0 fully saturated rings. The maximum atomic E-state index is 8.97. The highest BCUT2D eigenvalue weighted by atomic mass is 35.5. The Labute approximate surface area is 168 Å². The average Bonchev–Trinajstić information content (AvgIpc) is 2.73. The lowest BCUT2D eigenvalue weighted by Crippen LogP contribution is -2.07. The molecule has 140 valence electrons. The number of nitrogens with zero attached hydrogens (tertiary/aromatic N) is 2. The van der Waals surface area contributed by atoms with Crippen molar-refractivity contribution in [3.05, 3.63) is 77.4 Å². The summed E-state index contributed by atoms with van der Waals surface area (Å²) < 4.78 is 0. The SMILES string of the molecule is Cc1cc(NCCO)nc2ccc(-c3ccc(-c4ccc(Cl)cc4)cn3)cc12. The average molecular weight is 390 g/mol. The Morgan fingerprint density at radius 2 is 1.68 bits per heavy atom. The van der Waals surface area contributed by atoms with Crippen LogP contribution in [0, 0.1) is 6.92 Å². The molecular formula is C23H20ClN3O. The molecule has 5 heteroatoms. The van der Waals surface area contributed by atoms with E-state index in [0.717, 1.165) is 49.7 Å². The fraction of sp³-hybridized carbons (Fsp3) is 0.130. The van der Waals surface area contributed by atoms with E-state index in [9.17, 15) is 0 Å². The van der Waals surface area contributed by atoms with Gasteiger partial charge < -0.3 is 10.4 Å². The van der Waals surface area contributed by atoms with Crippen molar-refractivity contribution >= 4 is 28.3 Å². The lowest BCUT2D eigenvalue weighted by atomic mass is 10.0. The second kappa shape index (κ2) is 7.97. The summed E-state index contributed by atoms with van der Waals surface area (Å²) in [4.78, 5) is 9.26. The molecule has 0 unspecified atom stereocenters. The number of anilines is 1. The van der Waals surface area contributed by atoms with Gasteiger partial charge in [0.15, 0.2) is 0 Å². The molecule has 0 spiro atoms. The van der Waals surface area contributed by atoms with Crippen molar-refractivity contribution in [3.8, 4) is 22.4 Å². The van der Waals surface area contributed by atoms with E-state index >= 15 is 0 Å². The van der Waals surface area contributed by atoms with E-state index < -0.39 is 0 Å². The molecule has 0 radical (unpaired) electrons. The lowest BCUT2D eigenvalue weighted by molar-refractivity contribution is 0.311. The van der Waals surface area contributed by atoms with E-state index in [1.807, 2.05) is 54.7 Å². The van der Waals surface area contributed by atoms with Gasteiger partial charge in [0.05, 0.1) is 17.8 Å². The zero-order chi connectivity index (χ0) is 19.5. The van der Waals surface area contributed by atoms with Gasteiger partial charge in [0.25, 0.3) is 0 Å². The molecule has 0 atom stereocenters. The van der Waals surface area contributed by atoms with Gasteiger partial charge in [-0.15, -0.1) is 0 Å². The zero-order valence-corrected chi connectivity index (χ0v) is 16.2. The summed E-state index contributed by atoms with van der Waals surface area (Å²) in [7, 11) is 0. The monoisotopic (exact) mass is 389 g/mol. The van der Waals surface area contributed by atoms with Crippen LogP contribution in [0.1, 0.15) is 5.56 Å². The number of rotatable bonds is 5. The van der Waals surface area contributed by atoms with Crippen LogP contribution in [0.3, 0.4) is 0 Å². The van der Waals surface area contributed by atoms with Crippen molar-refractivity contribution in [2.75, 3.05) is 18.5 Å². The molecule has 2 N–H and O–H groups in total. The van der Waals surface area contributed by atoms with Crippen LogP contribution in [-0.4, -0.2) is 28.2 Å². The maximum Gasteiger partial charge on any atom is 0.126 e. The Bertz CT molecular complexity index is 1110. The van der Waals surface area contributed by atoms with Gasteiger partial charge in [0, 0.05) is 34.3 Å². The molecule has 0 aliphatic carbocycles. The highest BCUT2D eigenvalue weighted by molar-refractivity contribution is 6.30. The van der Waals surface area contributed by atoms with E-state index in [-0.39, 0.29) is 6.61 Å². The molecule has 2 aromatic heterocycles. The van der Waals surface area contributed by atoms with Crippen LogP contribution in [0.2, 0.25) is 5.02 Å². The number of benzene rings is 2. The van der Waals surface area contributed by atoms with Gasteiger partial charge in [0.2, 0.25) is 0 Å². The fourth-order valence-electron chi connectivity index (χ4n) is 3.21. The van der Waals surface area contributed by atoms with Crippen molar-refractivity contribution in [2.45, 2.75) is 6.92 Å². The Morgan fingerprint density at radius 3 is 2.39 bits per heavy atom. The molecule has 0 saturated carbocycles. The van der Waals surface area contributed by atoms with E-state index in [1.165, 1.54) is 0 Å². The first-order valence-corrected chi connectivity index (χ1v) is 9.50. The third-order valence-corrected chi connectivity index (χ3v) is 4.92. The molecule has 0 aliphatic heterocycles. The minimum atomic E-state index is 0.0788. The number of aromatic nitrogens is 2. The highest BCUT2D eigenvalue weighted by Gasteiger charge is 2.07. The molecule has 28 heavy (non-hydrogen) atoms. The van der Waals surface area contributed by atoms with Crippen molar-refractivity contribution < 1.29 is 5.11 Å². The Balaban J connectivity index is 1.65. The van der Waals surface area contributed by atoms with Crippen LogP contribution in [0.25, 0.3) is 33.3 Å². The summed E-state index contributed by atoms with van der Waals surface area (Å²) in [6, 6.07) is 20.0. The van der Waals surface area contributed by atoms with Crippen LogP contribution in [0.15, 0.2) is 66.9 Å². The van der Waals surface area contributed by atoms with Gasteiger partial charge in [0.1, 0.15) is 5.82 Å². The number of aliphatic hydroxyl groups excluding tert-OH is 1. The predicted molar refractivity (Wildman–Crippen MR) is 116 cm³/mol. The fourth-order valence-corrected chi connectivity index (χ4v) is 3.33. The molecule has 4 rings (SSSR count). The van der Waals surface area contributed by atoms with Crippen molar-refractivity contribution in [3.63, 3.8) is 0 Å². The minimum absolute atomic E-state index is 0.0788. The molecule has 0 saturated heterocycles. The molecule has 4 nitrogen and oxygen atoms in total. The van der Waals surface area contributed by atoms with Crippen LogP contribution in [0.4, 0.5) is 5.82 Å². The molecule has 0 aliphatic rings. The minimum Gasteiger partial charge on any atom is -0.395 e. The van der Waals surface area contributed by atoms with Crippen LogP contribution in [-0.2, 0) is 0 Å². The topological polar surface area (TPSA) is 58.0 Å². The molecule has 4 aromatic rings. The first-order chi connectivity index (χ1) is 13.6. The molecule has 0 bridgehead atoms. The number of nitrogens with one attached hydrogen (secondary N) is 1. The second-order valence-electron chi connectivity index (χ2n) is 6.65. The largest absolute Gasteiger partial charge is 0.395 e. The van der Waals surface area contributed by atoms with Crippen LogP contribution in [0.5, 0.6) is 0 Å². The van der Waals surface area contributed by atoms with Crippen molar-refractivity contribution in [2.24, 2.45) is 0 Å². The van der Waals surface area contributed by atoms with E-state index in [0.29, 0.717) is 6.54 Å². The Hall–Kier alpha value is -2.95. The molecule has 2 aromatic carbocycles. The highest BCUT2D eigenvalue weighted by Crippen LogP contribution is 2.28. The molecule has 0 amide bonds. The van der Waals surface area contributed by atoms with E-state index in [1.54, 1.807) is 0 Å². The van der Waals surface area contributed by atoms with Gasteiger partial charge in [-0.05, 0) is 54.4 Å². The number of aryl methyl sites for hydroxylation is 1. The quantitative estimate of drug-likeness (QED) is 0.484. The molecule has 2 heterocycles. The van der Waals surface area contributed by atoms with Crippen LogP contribution < -0.4 is 5.32 Å². The third kappa shape index (κ3) is 3.84. The number of halogens is 1. The lowest BCUT2D eigenvalue weighted by Gasteiger charge is -2.10. The summed E-state index contributed by atoms with van der Waals surface area (Å²) in [6.45, 7) is 2.63. The third-order valence-electron chi connectivity index (χ3n) is 4.67. The predicted octanol–water partition coefficient (Wildman–Crippen LogP) is 5.33. The number of hydrogen-bond acceptors (Lipinski definition) is 4. The van der Waals surface area contributed by atoms with Gasteiger partial charge in [-0.3, -0.25) is 4.98 Å². The Morgan fingerprint density at radius 1 is 0.929 bits per heavy atom. The van der Waals surface area contributed by atoms with E-state index in [2.05, 4.69) is 34.3 Å². The zero-order valence-electron chi connectivity index (χ0n) is 15.5. The van der Waals surface area contributed by atoms with Crippen molar-refractivity contribution in [1.82, 2.24) is 9.97 Å². The van der Waals surface area contributed by atoms with Gasteiger partial charge in [-0.25, -0.2) is 4.98 Å². The second-order valence-corrected chi connectivity index (χ2v) is 7.08. The first kappa shape index (κ1) is 18.4. The summed E-state index contributed by atoms with van der Waals surface area (Å²) in [5, 5.41) is 13.9. The Kier molecular flexibility index (Phi) is 5.24.